The third kappa shape index (κ3) is 5.14. The second kappa shape index (κ2) is 8.65. The number of amides is 1. The van der Waals surface area contributed by atoms with Crippen molar-refractivity contribution in [3.8, 4) is 0 Å². The molecule has 29 heavy (non-hydrogen) atoms. The summed E-state index contributed by atoms with van der Waals surface area (Å²) in [6.45, 7) is 3.65. The van der Waals surface area contributed by atoms with E-state index >= 15 is 0 Å². The van der Waals surface area contributed by atoms with Gasteiger partial charge in [0, 0.05) is 12.1 Å². The van der Waals surface area contributed by atoms with Gasteiger partial charge in [0.1, 0.15) is 12.4 Å². The molecule has 7 nitrogen and oxygen atoms in total. The maximum Gasteiger partial charge on any atom is 0.245 e. The molecule has 3 aromatic rings. The van der Waals surface area contributed by atoms with Crippen molar-refractivity contribution in [3.05, 3.63) is 53.9 Å². The summed E-state index contributed by atoms with van der Waals surface area (Å²) in [5.74, 6) is 0.511. The molecule has 1 amide bonds. The quantitative estimate of drug-likeness (QED) is 0.588. The van der Waals surface area contributed by atoms with E-state index in [9.17, 15) is 13.2 Å². The van der Waals surface area contributed by atoms with Gasteiger partial charge in [-0.05, 0) is 43.2 Å². The molecule has 0 aliphatic carbocycles. The molecule has 0 bridgehead atoms. The summed E-state index contributed by atoms with van der Waals surface area (Å²) in [7, 11) is -3.61. The van der Waals surface area contributed by atoms with Gasteiger partial charge in [-0.25, -0.2) is 13.4 Å². The van der Waals surface area contributed by atoms with Crippen LogP contribution in [-0.4, -0.2) is 37.1 Å². The number of H-pyrrole nitrogens is 1. The van der Waals surface area contributed by atoms with Gasteiger partial charge in [-0.1, -0.05) is 31.5 Å². The third-order valence-corrected chi connectivity index (χ3v) is 5.78. The number of imidazole rings is 1. The Hall–Kier alpha value is -2.87. The Balaban J connectivity index is 1.77. The summed E-state index contributed by atoms with van der Waals surface area (Å²) in [6.07, 6.45) is 4.13. The molecule has 0 fully saturated rings. The van der Waals surface area contributed by atoms with Gasteiger partial charge in [-0.15, -0.1) is 0 Å². The smallest absolute Gasteiger partial charge is 0.245 e. The van der Waals surface area contributed by atoms with Crippen LogP contribution < -0.4 is 9.62 Å². The number of carbonyl (C=O) groups excluding carboxylic acids is 1. The van der Waals surface area contributed by atoms with Crippen LogP contribution in [0.4, 0.5) is 11.4 Å². The maximum atomic E-state index is 12.6. The first-order valence-electron chi connectivity index (χ1n) is 9.59. The minimum Gasteiger partial charge on any atom is -0.342 e. The molecule has 0 radical (unpaired) electrons. The second-order valence-electron chi connectivity index (χ2n) is 7.12. The number of benzene rings is 2. The van der Waals surface area contributed by atoms with Crippen LogP contribution >= 0.6 is 0 Å². The zero-order valence-electron chi connectivity index (χ0n) is 16.9. The highest BCUT2D eigenvalue weighted by atomic mass is 32.2. The lowest BCUT2D eigenvalue weighted by Crippen LogP contribution is -2.37. The molecule has 154 valence electrons. The van der Waals surface area contributed by atoms with E-state index in [2.05, 4.69) is 22.2 Å². The zero-order valence-corrected chi connectivity index (χ0v) is 17.7. The number of rotatable bonds is 8. The lowest BCUT2D eigenvalue weighted by atomic mass is 10.2. The molecule has 8 heteroatoms. The van der Waals surface area contributed by atoms with Gasteiger partial charge in [0.05, 0.1) is 23.0 Å². The normalized spacial score (nSPS) is 11.6. The van der Waals surface area contributed by atoms with E-state index in [1.807, 2.05) is 31.2 Å². The van der Waals surface area contributed by atoms with Crippen LogP contribution in [-0.2, 0) is 21.2 Å². The summed E-state index contributed by atoms with van der Waals surface area (Å²) in [4.78, 5) is 20.4. The summed E-state index contributed by atoms with van der Waals surface area (Å²) in [6, 6.07) is 12.5. The molecule has 3 rings (SSSR count). The number of carbonyl (C=O) groups is 1. The molecule has 0 saturated carbocycles. The number of para-hydroxylation sites is 1. The average Bonchev–Trinajstić information content (AvgIpc) is 3.06. The average molecular weight is 415 g/mol. The van der Waals surface area contributed by atoms with Crippen LogP contribution in [0.3, 0.4) is 0 Å². The van der Waals surface area contributed by atoms with Crippen LogP contribution in [0.25, 0.3) is 11.0 Å². The van der Waals surface area contributed by atoms with E-state index < -0.39 is 15.9 Å². The van der Waals surface area contributed by atoms with Crippen molar-refractivity contribution < 1.29 is 13.2 Å². The van der Waals surface area contributed by atoms with Gasteiger partial charge in [0.2, 0.25) is 15.9 Å². The summed E-state index contributed by atoms with van der Waals surface area (Å²) in [5, 5.41) is 2.79. The van der Waals surface area contributed by atoms with Crippen molar-refractivity contribution in [3.63, 3.8) is 0 Å². The monoisotopic (exact) mass is 414 g/mol. The van der Waals surface area contributed by atoms with Crippen LogP contribution in [0.15, 0.2) is 42.5 Å². The molecule has 2 N–H and O–H groups in total. The van der Waals surface area contributed by atoms with Gasteiger partial charge >= 0.3 is 0 Å². The standard InChI is InChI=1S/C21H26N4O3S/c1-4-5-10-20-23-17-12-11-16(13-18(17)24-20)22-21(26)14-25(29(3,27)28)19-9-7-6-8-15(19)2/h6-9,11-13H,4-5,10,14H2,1-3H3,(H,22,26)(H,23,24). The van der Waals surface area contributed by atoms with Crippen LogP contribution in [0.1, 0.15) is 31.2 Å². The number of unbranched alkanes of at least 4 members (excludes halogenated alkanes) is 1. The number of sulfonamides is 1. The molecule has 0 saturated heterocycles. The summed E-state index contributed by atoms with van der Waals surface area (Å²) in [5.41, 5.74) is 3.55. The van der Waals surface area contributed by atoms with Crippen molar-refractivity contribution in [1.29, 1.82) is 0 Å². The van der Waals surface area contributed by atoms with E-state index in [4.69, 9.17) is 0 Å². The largest absolute Gasteiger partial charge is 0.342 e. The maximum absolute atomic E-state index is 12.6. The van der Waals surface area contributed by atoms with Gasteiger partial charge in [0.25, 0.3) is 0 Å². The van der Waals surface area contributed by atoms with Crippen molar-refractivity contribution in [2.45, 2.75) is 33.1 Å². The van der Waals surface area contributed by atoms with E-state index in [0.717, 1.165) is 52.2 Å². The Kier molecular flexibility index (Phi) is 6.22. The molecular formula is C21H26N4O3S. The molecule has 0 spiro atoms. The number of hydrogen-bond acceptors (Lipinski definition) is 4. The van der Waals surface area contributed by atoms with Gasteiger partial charge in [-0.3, -0.25) is 9.10 Å². The highest BCUT2D eigenvalue weighted by Crippen LogP contribution is 2.22. The summed E-state index contributed by atoms with van der Waals surface area (Å²) >= 11 is 0. The fraction of sp³-hybridized carbons (Fsp3) is 0.333. The predicted molar refractivity (Wildman–Crippen MR) is 117 cm³/mol. The van der Waals surface area contributed by atoms with Crippen LogP contribution in [0, 0.1) is 6.92 Å². The molecule has 0 aliphatic heterocycles. The van der Waals surface area contributed by atoms with Crippen molar-refractivity contribution in [1.82, 2.24) is 9.97 Å². The number of anilines is 2. The number of aryl methyl sites for hydroxylation is 2. The van der Waals surface area contributed by atoms with E-state index in [1.54, 1.807) is 18.2 Å². The Morgan fingerprint density at radius 2 is 1.97 bits per heavy atom. The first kappa shape index (κ1) is 20.9. The Morgan fingerprint density at radius 3 is 2.66 bits per heavy atom. The van der Waals surface area contributed by atoms with Gasteiger partial charge in [-0.2, -0.15) is 0 Å². The first-order valence-corrected chi connectivity index (χ1v) is 11.4. The molecule has 1 heterocycles. The van der Waals surface area contributed by atoms with Crippen LogP contribution in [0.2, 0.25) is 0 Å². The third-order valence-electron chi connectivity index (χ3n) is 4.65. The molecule has 0 unspecified atom stereocenters. The highest BCUT2D eigenvalue weighted by Gasteiger charge is 2.22. The lowest BCUT2D eigenvalue weighted by molar-refractivity contribution is -0.114. The Morgan fingerprint density at radius 1 is 1.21 bits per heavy atom. The van der Waals surface area contributed by atoms with Gasteiger partial charge < -0.3 is 10.3 Å². The zero-order chi connectivity index (χ0) is 21.0. The minimum atomic E-state index is -3.61. The molecule has 1 aromatic heterocycles. The number of aromatic amines is 1. The number of aromatic nitrogens is 2. The lowest BCUT2D eigenvalue weighted by Gasteiger charge is -2.23. The fourth-order valence-corrected chi connectivity index (χ4v) is 4.07. The number of fused-ring (bicyclic) bond motifs is 1. The topological polar surface area (TPSA) is 95.2 Å². The number of nitrogens with zero attached hydrogens (tertiary/aromatic N) is 2. The van der Waals surface area contributed by atoms with Crippen molar-refractivity contribution >= 4 is 38.3 Å². The fourth-order valence-electron chi connectivity index (χ4n) is 3.16. The van der Waals surface area contributed by atoms with E-state index in [0.29, 0.717) is 11.4 Å². The highest BCUT2D eigenvalue weighted by molar-refractivity contribution is 7.92. The number of hydrogen-bond donors (Lipinski definition) is 2. The molecule has 0 aliphatic rings. The first-order chi connectivity index (χ1) is 13.8. The van der Waals surface area contributed by atoms with E-state index in [-0.39, 0.29) is 6.54 Å². The van der Waals surface area contributed by atoms with Crippen molar-refractivity contribution in [2.75, 3.05) is 22.4 Å². The molecule has 0 atom stereocenters. The van der Waals surface area contributed by atoms with E-state index in [1.165, 1.54) is 0 Å². The Labute approximate surface area is 171 Å². The molecule has 2 aromatic carbocycles. The van der Waals surface area contributed by atoms with Crippen molar-refractivity contribution in [2.24, 2.45) is 0 Å². The predicted octanol–water partition coefficient (Wildman–Crippen LogP) is 3.62. The Bertz CT molecular complexity index is 1120. The van der Waals surface area contributed by atoms with Gasteiger partial charge in [0.15, 0.2) is 0 Å². The van der Waals surface area contributed by atoms with Crippen LogP contribution in [0.5, 0.6) is 0 Å². The number of nitrogens with one attached hydrogen (secondary N) is 2. The molecular weight excluding hydrogens is 388 g/mol. The minimum absolute atomic E-state index is 0.299. The summed E-state index contributed by atoms with van der Waals surface area (Å²) < 4.78 is 25.7. The second-order valence-corrected chi connectivity index (χ2v) is 9.03. The SMILES string of the molecule is CCCCc1nc2ccc(NC(=O)CN(c3ccccc3C)S(C)(=O)=O)cc2[nH]1.